The summed E-state index contributed by atoms with van der Waals surface area (Å²) in [5.74, 6) is 0. The number of rotatable bonds is 6. The summed E-state index contributed by atoms with van der Waals surface area (Å²) in [5, 5.41) is 13.7. The highest BCUT2D eigenvalue weighted by Crippen LogP contribution is 2.40. The van der Waals surface area contributed by atoms with Crippen molar-refractivity contribution in [1.82, 2.24) is 20.0 Å². The van der Waals surface area contributed by atoms with Crippen LogP contribution in [0.5, 0.6) is 0 Å². The van der Waals surface area contributed by atoms with Gasteiger partial charge in [-0.1, -0.05) is 30.0 Å². The van der Waals surface area contributed by atoms with E-state index in [1.165, 1.54) is 0 Å². The van der Waals surface area contributed by atoms with Gasteiger partial charge in [0, 0.05) is 38.9 Å². The van der Waals surface area contributed by atoms with Crippen molar-refractivity contribution >= 4 is 28.2 Å². The van der Waals surface area contributed by atoms with E-state index in [0.717, 1.165) is 21.5 Å². The van der Waals surface area contributed by atoms with E-state index >= 15 is 0 Å². The molecule has 0 bridgehead atoms. The van der Waals surface area contributed by atoms with E-state index in [-0.39, 0.29) is 11.3 Å². The third-order valence-electron chi connectivity index (χ3n) is 2.92. The van der Waals surface area contributed by atoms with E-state index in [1.807, 2.05) is 38.4 Å². The van der Waals surface area contributed by atoms with Gasteiger partial charge in [-0.25, -0.2) is 0 Å². The van der Waals surface area contributed by atoms with Crippen LogP contribution >= 0.6 is 23.1 Å². The lowest BCUT2D eigenvalue weighted by Crippen LogP contribution is -2.25. The van der Waals surface area contributed by atoms with E-state index < -0.39 is 0 Å². The van der Waals surface area contributed by atoms with Crippen LogP contribution in [0, 0.1) is 0 Å². The molecule has 0 radical (unpaired) electrons. The Bertz CT molecular complexity index is 550. The standard InChI is InChI=1S/C12H20N6S2/c1-5-9(13)10(8-6-14-18(4)7-8)19-12-16-15-11(20-12)17(2)3/h6-7,9-10H,5,13H2,1-4H3. The minimum Gasteiger partial charge on any atom is -0.353 e. The second-order valence-corrected chi connectivity index (χ2v) is 7.15. The Morgan fingerprint density at radius 2 is 2.20 bits per heavy atom. The predicted molar refractivity (Wildman–Crippen MR) is 84.3 cm³/mol. The maximum atomic E-state index is 6.26. The molecule has 0 saturated carbocycles. The van der Waals surface area contributed by atoms with Gasteiger partial charge in [0.1, 0.15) is 0 Å². The van der Waals surface area contributed by atoms with E-state index in [4.69, 9.17) is 5.73 Å². The molecule has 0 fully saturated rings. The molecular weight excluding hydrogens is 292 g/mol. The zero-order chi connectivity index (χ0) is 14.7. The molecule has 0 aliphatic heterocycles. The number of thioether (sulfide) groups is 1. The fourth-order valence-electron chi connectivity index (χ4n) is 1.74. The highest BCUT2D eigenvalue weighted by molar-refractivity contribution is 8.01. The minimum atomic E-state index is 0.0657. The first kappa shape index (κ1) is 15.3. The third-order valence-corrected chi connectivity index (χ3v) is 5.50. The van der Waals surface area contributed by atoms with Crippen LogP contribution in [0.1, 0.15) is 24.2 Å². The van der Waals surface area contributed by atoms with Gasteiger partial charge < -0.3 is 10.6 Å². The van der Waals surface area contributed by atoms with Gasteiger partial charge in [0.2, 0.25) is 5.13 Å². The van der Waals surface area contributed by atoms with Gasteiger partial charge in [-0.15, -0.1) is 10.2 Å². The van der Waals surface area contributed by atoms with Crippen molar-refractivity contribution in [1.29, 1.82) is 0 Å². The zero-order valence-corrected chi connectivity index (χ0v) is 13.8. The van der Waals surface area contributed by atoms with Crippen molar-refractivity contribution in [3.63, 3.8) is 0 Å². The molecule has 8 heteroatoms. The van der Waals surface area contributed by atoms with Crippen LogP contribution in [-0.2, 0) is 7.05 Å². The van der Waals surface area contributed by atoms with Gasteiger partial charge in [-0.05, 0) is 6.42 Å². The van der Waals surface area contributed by atoms with E-state index in [1.54, 1.807) is 27.8 Å². The second kappa shape index (κ2) is 6.55. The maximum Gasteiger partial charge on any atom is 0.208 e. The molecule has 0 aliphatic rings. The Balaban J connectivity index is 2.19. The van der Waals surface area contributed by atoms with Gasteiger partial charge in [-0.2, -0.15) is 5.10 Å². The lowest BCUT2D eigenvalue weighted by atomic mass is 10.1. The van der Waals surface area contributed by atoms with Gasteiger partial charge in [0.05, 0.1) is 11.4 Å². The monoisotopic (exact) mass is 312 g/mol. The number of aromatic nitrogens is 4. The second-order valence-electron chi connectivity index (χ2n) is 4.80. The van der Waals surface area contributed by atoms with Crippen LogP contribution in [0.2, 0.25) is 0 Å². The lowest BCUT2D eigenvalue weighted by molar-refractivity contribution is 0.633. The molecule has 2 unspecified atom stereocenters. The van der Waals surface area contributed by atoms with Crippen molar-refractivity contribution in [2.75, 3.05) is 19.0 Å². The summed E-state index contributed by atoms with van der Waals surface area (Å²) in [6.45, 7) is 2.10. The molecule has 2 atom stereocenters. The molecule has 2 aromatic heterocycles. The van der Waals surface area contributed by atoms with Crippen LogP contribution in [-0.4, -0.2) is 40.1 Å². The first-order chi connectivity index (χ1) is 9.51. The first-order valence-electron chi connectivity index (χ1n) is 6.42. The lowest BCUT2D eigenvalue weighted by Gasteiger charge is -2.19. The van der Waals surface area contributed by atoms with Crippen LogP contribution in [0.3, 0.4) is 0 Å². The molecule has 0 amide bonds. The van der Waals surface area contributed by atoms with Crippen LogP contribution in [0.4, 0.5) is 5.13 Å². The topological polar surface area (TPSA) is 72.9 Å². The molecule has 6 nitrogen and oxygen atoms in total. The number of nitrogens with two attached hydrogens (primary N) is 1. The van der Waals surface area contributed by atoms with Crippen molar-refractivity contribution in [3.8, 4) is 0 Å². The number of aryl methyl sites for hydroxylation is 1. The maximum absolute atomic E-state index is 6.26. The van der Waals surface area contributed by atoms with Gasteiger partial charge in [0.25, 0.3) is 0 Å². The molecular formula is C12H20N6S2. The highest BCUT2D eigenvalue weighted by Gasteiger charge is 2.23. The van der Waals surface area contributed by atoms with Crippen molar-refractivity contribution in [2.24, 2.45) is 12.8 Å². The highest BCUT2D eigenvalue weighted by atomic mass is 32.2. The normalized spacial score (nSPS) is 14.2. The molecule has 2 heterocycles. The average Bonchev–Trinajstić information content (AvgIpc) is 3.04. The Kier molecular flexibility index (Phi) is 5.00. The van der Waals surface area contributed by atoms with E-state index in [0.29, 0.717) is 0 Å². The summed E-state index contributed by atoms with van der Waals surface area (Å²) in [4.78, 5) is 1.96. The molecule has 2 N–H and O–H groups in total. The molecule has 2 rings (SSSR count). The van der Waals surface area contributed by atoms with Crippen molar-refractivity contribution in [2.45, 2.75) is 29.0 Å². The fraction of sp³-hybridized carbons (Fsp3) is 0.583. The summed E-state index contributed by atoms with van der Waals surface area (Å²) in [6.07, 6.45) is 4.80. The number of hydrogen-bond acceptors (Lipinski definition) is 7. The van der Waals surface area contributed by atoms with Crippen molar-refractivity contribution in [3.05, 3.63) is 18.0 Å². The molecule has 20 heavy (non-hydrogen) atoms. The van der Waals surface area contributed by atoms with Gasteiger partial charge >= 0.3 is 0 Å². The summed E-state index contributed by atoms with van der Waals surface area (Å²) < 4.78 is 2.74. The Labute approximate surface area is 127 Å². The summed E-state index contributed by atoms with van der Waals surface area (Å²) >= 11 is 3.25. The third kappa shape index (κ3) is 3.50. The molecule has 0 aliphatic carbocycles. The number of hydrogen-bond donors (Lipinski definition) is 1. The van der Waals surface area contributed by atoms with Gasteiger partial charge in [0.15, 0.2) is 4.34 Å². The van der Waals surface area contributed by atoms with Crippen LogP contribution in [0.15, 0.2) is 16.7 Å². The molecule has 0 aromatic carbocycles. The quantitative estimate of drug-likeness (QED) is 0.821. The van der Waals surface area contributed by atoms with E-state index in [2.05, 4.69) is 22.2 Å². The molecule has 110 valence electrons. The molecule has 0 saturated heterocycles. The molecule has 2 aromatic rings. The first-order valence-corrected chi connectivity index (χ1v) is 8.12. The Hall–Kier alpha value is -1.12. The largest absolute Gasteiger partial charge is 0.353 e. The summed E-state index contributed by atoms with van der Waals surface area (Å²) in [7, 11) is 5.84. The number of anilines is 1. The molecule has 0 spiro atoms. The predicted octanol–water partition coefficient (Wildman–Crippen LogP) is 1.91. The Morgan fingerprint density at radius 3 is 2.70 bits per heavy atom. The number of nitrogens with zero attached hydrogens (tertiary/aromatic N) is 5. The van der Waals surface area contributed by atoms with Crippen LogP contribution < -0.4 is 10.6 Å². The zero-order valence-electron chi connectivity index (χ0n) is 12.1. The van der Waals surface area contributed by atoms with Crippen molar-refractivity contribution < 1.29 is 0 Å². The average molecular weight is 312 g/mol. The summed E-state index contributed by atoms with van der Waals surface area (Å²) in [5.41, 5.74) is 7.39. The fourth-order valence-corrected chi connectivity index (χ4v) is 3.90. The SMILES string of the molecule is CCC(N)C(Sc1nnc(N(C)C)s1)c1cnn(C)c1. The Morgan fingerprint density at radius 1 is 1.45 bits per heavy atom. The minimum absolute atomic E-state index is 0.0657. The van der Waals surface area contributed by atoms with E-state index in [9.17, 15) is 0 Å². The van der Waals surface area contributed by atoms with Gasteiger partial charge in [-0.3, -0.25) is 4.68 Å². The van der Waals surface area contributed by atoms with Crippen LogP contribution in [0.25, 0.3) is 0 Å². The smallest absolute Gasteiger partial charge is 0.208 e. The summed E-state index contributed by atoms with van der Waals surface area (Å²) in [6, 6.07) is 0.0657.